The summed E-state index contributed by atoms with van der Waals surface area (Å²) in [5, 5.41) is 10.3. The number of carbonyl (C=O) groups excluding carboxylic acids is 2. The van der Waals surface area contributed by atoms with E-state index in [9.17, 15) is 14.7 Å². The molecule has 0 aromatic carbocycles. The van der Waals surface area contributed by atoms with Crippen molar-refractivity contribution in [3.8, 4) is 12.3 Å². The fraction of sp³-hybridized carbons (Fsp3) is 0.812. The van der Waals surface area contributed by atoms with Gasteiger partial charge in [0.1, 0.15) is 11.4 Å². The number of piperidine rings is 1. The highest BCUT2D eigenvalue weighted by atomic mass is 16.5. The van der Waals surface area contributed by atoms with E-state index in [1.165, 1.54) is 24.8 Å². The summed E-state index contributed by atoms with van der Waals surface area (Å²) in [7, 11) is 1.63. The molecule has 1 aliphatic heterocycles. The van der Waals surface area contributed by atoms with Gasteiger partial charge < -0.3 is 14.7 Å². The third-order valence-electron chi connectivity index (χ3n) is 12.2. The van der Waals surface area contributed by atoms with Crippen molar-refractivity contribution in [2.75, 3.05) is 20.2 Å². The predicted molar refractivity (Wildman–Crippen MR) is 144 cm³/mol. The van der Waals surface area contributed by atoms with Crippen LogP contribution in [0, 0.1) is 52.8 Å². The van der Waals surface area contributed by atoms with Gasteiger partial charge in [-0.2, -0.15) is 0 Å². The summed E-state index contributed by atoms with van der Waals surface area (Å²) in [6.07, 6.45) is 17.9. The number of rotatable bonds is 5. The smallest absolute Gasteiger partial charge is 0.230 e. The number of Topliss-reactive ketones (excluding diaryl/α,β-unsaturated/α-hetero) is 1. The topological polar surface area (TPSA) is 66.8 Å². The Morgan fingerprint density at radius 3 is 2.54 bits per heavy atom. The molecule has 8 atom stereocenters. The lowest BCUT2D eigenvalue weighted by molar-refractivity contribution is -0.140. The largest absolute Gasteiger partial charge is 0.393 e. The average molecular weight is 510 g/mol. The molecular formula is C32H47NO4. The van der Waals surface area contributed by atoms with E-state index in [0.717, 1.165) is 32.1 Å². The van der Waals surface area contributed by atoms with Gasteiger partial charge in [0.15, 0.2) is 0 Å². The number of ketones is 1. The number of methoxy groups -OCH3 is 1. The third kappa shape index (κ3) is 4.41. The molecule has 0 aromatic rings. The van der Waals surface area contributed by atoms with Crippen LogP contribution in [0.2, 0.25) is 0 Å². The minimum absolute atomic E-state index is 0.00694. The molecule has 0 unspecified atom stereocenters. The van der Waals surface area contributed by atoms with Gasteiger partial charge in [-0.05, 0) is 85.9 Å². The van der Waals surface area contributed by atoms with Gasteiger partial charge >= 0.3 is 0 Å². The molecule has 204 valence electrons. The van der Waals surface area contributed by atoms with Crippen LogP contribution in [0.4, 0.5) is 0 Å². The molecule has 5 heteroatoms. The summed E-state index contributed by atoms with van der Waals surface area (Å²) in [5.74, 6) is 5.11. The first-order valence-electron chi connectivity index (χ1n) is 14.8. The zero-order valence-corrected chi connectivity index (χ0v) is 23.4. The normalized spacial score (nSPS) is 41.5. The second-order valence-corrected chi connectivity index (χ2v) is 13.5. The summed E-state index contributed by atoms with van der Waals surface area (Å²) in [6.45, 7) is 8.12. The zero-order valence-electron chi connectivity index (χ0n) is 23.4. The first-order chi connectivity index (χ1) is 17.6. The van der Waals surface area contributed by atoms with E-state index < -0.39 is 5.60 Å². The molecule has 1 saturated heterocycles. The molecule has 0 radical (unpaired) electrons. The number of likely N-dealkylation sites (tertiary alicyclic amines) is 1. The van der Waals surface area contributed by atoms with Gasteiger partial charge in [0.2, 0.25) is 5.91 Å². The van der Waals surface area contributed by atoms with Crippen molar-refractivity contribution in [2.45, 2.75) is 103 Å². The number of nitrogens with zero attached hydrogens (tertiary/aromatic N) is 1. The summed E-state index contributed by atoms with van der Waals surface area (Å²) in [4.78, 5) is 28.3. The van der Waals surface area contributed by atoms with Crippen molar-refractivity contribution in [1.29, 1.82) is 0 Å². The number of amides is 1. The van der Waals surface area contributed by atoms with Crippen molar-refractivity contribution >= 4 is 11.7 Å². The van der Waals surface area contributed by atoms with E-state index in [1.807, 2.05) is 0 Å². The van der Waals surface area contributed by atoms with Crippen LogP contribution < -0.4 is 0 Å². The molecule has 5 nitrogen and oxygen atoms in total. The van der Waals surface area contributed by atoms with Crippen LogP contribution in [0.3, 0.4) is 0 Å². The number of allylic oxidation sites excluding steroid dienone is 1. The number of carbonyl (C=O) groups is 2. The lowest BCUT2D eigenvalue weighted by atomic mass is 9.47. The van der Waals surface area contributed by atoms with E-state index >= 15 is 0 Å². The SMILES string of the molecule is C#CC1(OC)CCN(C(=O)CC(=O)[C@H](C)[C@H]2CC[C@H]3[C@@H]4CC=C5C[C@@H](O)CC[C@]5(C)[C@H]4CC[C@@]23C)CC1. The molecule has 5 aliphatic rings. The Morgan fingerprint density at radius 2 is 1.86 bits per heavy atom. The fourth-order valence-electron chi connectivity index (χ4n) is 9.67. The van der Waals surface area contributed by atoms with E-state index in [2.05, 4.69) is 32.8 Å². The highest BCUT2D eigenvalue weighted by Gasteiger charge is 2.59. The lowest BCUT2D eigenvalue weighted by Gasteiger charge is -2.58. The van der Waals surface area contributed by atoms with Crippen LogP contribution in [0.1, 0.15) is 91.4 Å². The Kier molecular flexibility index (Phi) is 7.16. The van der Waals surface area contributed by atoms with Gasteiger partial charge in [-0.25, -0.2) is 0 Å². The highest BCUT2D eigenvalue weighted by molar-refractivity contribution is 5.99. The number of hydrogen-bond acceptors (Lipinski definition) is 4. The van der Waals surface area contributed by atoms with Crippen molar-refractivity contribution in [1.82, 2.24) is 4.90 Å². The monoisotopic (exact) mass is 509 g/mol. The maximum absolute atomic E-state index is 13.5. The standard InChI is InChI=1S/C32H47NO4/c1-6-32(37-5)15-17-33(18-16-32)29(36)20-28(35)21(2)25-9-10-26-24-8-7-22-19-23(34)11-13-30(22,3)27(24)12-14-31(25,26)4/h1,7,21,23-27,34H,8-20H2,2-5H3/t21-,23+,24+,25-,26+,27+,30+,31+/m1/s1. The van der Waals surface area contributed by atoms with Crippen LogP contribution in [0.5, 0.6) is 0 Å². The van der Waals surface area contributed by atoms with E-state index in [-0.39, 0.29) is 41.0 Å². The highest BCUT2D eigenvalue weighted by Crippen LogP contribution is 2.67. The van der Waals surface area contributed by atoms with E-state index in [0.29, 0.717) is 49.6 Å². The number of hydrogen-bond donors (Lipinski definition) is 1. The van der Waals surface area contributed by atoms with Crippen LogP contribution in [-0.4, -0.2) is 53.6 Å². The summed E-state index contributed by atoms with van der Waals surface area (Å²) in [6, 6.07) is 0. The van der Waals surface area contributed by atoms with E-state index in [4.69, 9.17) is 11.2 Å². The van der Waals surface area contributed by atoms with Crippen molar-refractivity contribution in [2.24, 2.45) is 40.4 Å². The number of ether oxygens (including phenoxy) is 1. The number of terminal acetylenes is 1. The Balaban J connectivity index is 1.23. The van der Waals surface area contributed by atoms with E-state index in [1.54, 1.807) is 12.0 Å². The molecule has 4 aliphatic carbocycles. The first-order valence-corrected chi connectivity index (χ1v) is 14.8. The average Bonchev–Trinajstić information content (AvgIpc) is 3.25. The lowest BCUT2D eigenvalue weighted by Crippen LogP contribution is -2.51. The molecule has 3 saturated carbocycles. The summed E-state index contributed by atoms with van der Waals surface area (Å²) in [5.41, 5.74) is 1.34. The minimum Gasteiger partial charge on any atom is -0.393 e. The summed E-state index contributed by atoms with van der Waals surface area (Å²) >= 11 is 0. The molecule has 0 aromatic heterocycles. The Bertz CT molecular complexity index is 987. The molecule has 0 spiro atoms. The third-order valence-corrected chi connectivity index (χ3v) is 12.2. The molecule has 1 heterocycles. The molecule has 0 bridgehead atoms. The molecular weight excluding hydrogens is 462 g/mol. The Hall–Kier alpha value is -1.64. The van der Waals surface area contributed by atoms with Crippen LogP contribution in [-0.2, 0) is 14.3 Å². The maximum Gasteiger partial charge on any atom is 0.230 e. The van der Waals surface area contributed by atoms with Crippen LogP contribution in [0.15, 0.2) is 11.6 Å². The summed E-state index contributed by atoms with van der Waals surface area (Å²) < 4.78 is 5.53. The fourth-order valence-corrected chi connectivity index (χ4v) is 9.67. The van der Waals surface area contributed by atoms with Gasteiger partial charge in [-0.1, -0.05) is 38.3 Å². The second-order valence-electron chi connectivity index (χ2n) is 13.5. The zero-order chi connectivity index (χ0) is 26.6. The minimum atomic E-state index is -0.579. The number of fused-ring (bicyclic) bond motifs is 5. The molecule has 4 fully saturated rings. The van der Waals surface area contributed by atoms with Crippen molar-refractivity contribution < 1.29 is 19.4 Å². The van der Waals surface area contributed by atoms with Gasteiger partial charge in [0.05, 0.1) is 12.5 Å². The maximum atomic E-state index is 13.5. The molecule has 37 heavy (non-hydrogen) atoms. The van der Waals surface area contributed by atoms with Gasteiger partial charge in [0.25, 0.3) is 0 Å². The van der Waals surface area contributed by atoms with Crippen molar-refractivity contribution in [3.63, 3.8) is 0 Å². The number of aliphatic hydroxyl groups excluding tert-OH is 1. The molecule has 5 rings (SSSR count). The van der Waals surface area contributed by atoms with Crippen molar-refractivity contribution in [3.05, 3.63) is 11.6 Å². The Morgan fingerprint density at radius 1 is 1.14 bits per heavy atom. The van der Waals surface area contributed by atoms with Gasteiger partial charge in [-0.3, -0.25) is 9.59 Å². The molecule has 1 N–H and O–H groups in total. The number of aliphatic hydroxyl groups is 1. The quantitative estimate of drug-likeness (QED) is 0.316. The van der Waals surface area contributed by atoms with Gasteiger partial charge in [0, 0.05) is 39.0 Å². The second kappa shape index (κ2) is 9.83. The molecule has 1 amide bonds. The predicted octanol–water partition coefficient (Wildman–Crippen LogP) is 5.16. The Labute approximate surface area is 223 Å². The van der Waals surface area contributed by atoms with Gasteiger partial charge in [-0.15, -0.1) is 6.42 Å². The van der Waals surface area contributed by atoms with Crippen LogP contribution >= 0.6 is 0 Å². The van der Waals surface area contributed by atoms with Crippen LogP contribution in [0.25, 0.3) is 0 Å². The first kappa shape index (κ1) is 26.9.